The lowest BCUT2D eigenvalue weighted by atomic mass is 9.74. The van der Waals surface area contributed by atoms with Crippen molar-refractivity contribution in [3.05, 3.63) is 28.8 Å². The molecular formula is C21H26O9. The number of ether oxygens (including phenoxy) is 1. The van der Waals surface area contributed by atoms with Crippen LogP contribution in [0.4, 0.5) is 0 Å². The summed E-state index contributed by atoms with van der Waals surface area (Å²) in [6, 6.07) is 2.89. The molecule has 30 heavy (non-hydrogen) atoms. The topological polar surface area (TPSA) is 168 Å². The first kappa shape index (κ1) is 22.3. The molecule has 2 aromatic carbocycles. The summed E-state index contributed by atoms with van der Waals surface area (Å²) >= 11 is 0. The van der Waals surface area contributed by atoms with Crippen molar-refractivity contribution in [3.8, 4) is 17.2 Å². The number of rotatable bonds is 5. The molecule has 0 aromatic heterocycles. The van der Waals surface area contributed by atoms with Crippen molar-refractivity contribution in [2.75, 3.05) is 7.11 Å². The van der Waals surface area contributed by atoms with E-state index in [9.17, 15) is 40.5 Å². The Morgan fingerprint density at radius 1 is 1.13 bits per heavy atom. The number of Topliss-reactive ketones (excluding diaryl/α,β-unsaturated/α-hetero) is 1. The third kappa shape index (κ3) is 3.38. The summed E-state index contributed by atoms with van der Waals surface area (Å²) in [7, 11) is 1.21. The Labute approximate surface area is 172 Å². The van der Waals surface area contributed by atoms with Crippen LogP contribution in [0.2, 0.25) is 0 Å². The minimum absolute atomic E-state index is 0.00464. The maximum absolute atomic E-state index is 12.5. The Kier molecular flexibility index (Phi) is 5.94. The summed E-state index contributed by atoms with van der Waals surface area (Å²) in [5.41, 5.74) is 0.537. The first-order valence-electron chi connectivity index (χ1n) is 9.49. The highest BCUT2D eigenvalue weighted by atomic mass is 16.5. The van der Waals surface area contributed by atoms with Crippen molar-refractivity contribution in [2.24, 2.45) is 5.92 Å². The van der Waals surface area contributed by atoms with Gasteiger partial charge in [0.1, 0.15) is 35.6 Å². The molecule has 164 valence electrons. The molecule has 0 saturated heterocycles. The maximum Gasteiger partial charge on any atom is 0.192 e. The van der Waals surface area contributed by atoms with Gasteiger partial charge in [0.25, 0.3) is 0 Å². The molecule has 0 fully saturated rings. The summed E-state index contributed by atoms with van der Waals surface area (Å²) in [5, 5.41) is 72.3. The maximum atomic E-state index is 12.5. The molecule has 2 aromatic rings. The summed E-state index contributed by atoms with van der Waals surface area (Å²) in [6.07, 6.45) is -7.56. The monoisotopic (exact) mass is 422 g/mol. The van der Waals surface area contributed by atoms with E-state index in [1.165, 1.54) is 33.1 Å². The molecule has 0 radical (unpaired) electrons. The largest absolute Gasteiger partial charge is 0.508 e. The summed E-state index contributed by atoms with van der Waals surface area (Å²) < 4.78 is 5.19. The van der Waals surface area contributed by atoms with Gasteiger partial charge in [-0.15, -0.1) is 0 Å². The quantitative estimate of drug-likeness (QED) is 0.355. The molecule has 9 nitrogen and oxygen atoms in total. The zero-order valence-corrected chi connectivity index (χ0v) is 16.8. The van der Waals surface area contributed by atoms with Gasteiger partial charge < -0.3 is 40.5 Å². The molecule has 1 aliphatic carbocycles. The van der Waals surface area contributed by atoms with Gasteiger partial charge in [-0.1, -0.05) is 6.07 Å². The number of aromatic hydroxyl groups is 3. The predicted octanol–water partition coefficient (Wildman–Crippen LogP) is 0.157. The minimum Gasteiger partial charge on any atom is -0.508 e. The molecule has 0 aliphatic heterocycles. The van der Waals surface area contributed by atoms with Gasteiger partial charge >= 0.3 is 0 Å². The van der Waals surface area contributed by atoms with Crippen LogP contribution in [0.15, 0.2) is 12.1 Å². The van der Waals surface area contributed by atoms with Crippen LogP contribution in [-0.2, 0) is 16.0 Å². The van der Waals surface area contributed by atoms with E-state index in [4.69, 9.17) is 4.74 Å². The van der Waals surface area contributed by atoms with Crippen LogP contribution in [0.3, 0.4) is 0 Å². The van der Waals surface area contributed by atoms with Gasteiger partial charge in [0.05, 0.1) is 17.6 Å². The van der Waals surface area contributed by atoms with Crippen LogP contribution in [0, 0.1) is 12.8 Å². The molecular weight excluding hydrogens is 396 g/mol. The van der Waals surface area contributed by atoms with Gasteiger partial charge in [-0.05, 0) is 37.3 Å². The normalized spacial score (nSPS) is 24.3. The number of carbonyl (C=O) groups excluding carboxylic acids is 1. The zero-order chi connectivity index (χ0) is 22.5. The molecule has 0 spiro atoms. The average Bonchev–Trinajstić information content (AvgIpc) is 2.69. The molecule has 1 unspecified atom stereocenters. The summed E-state index contributed by atoms with van der Waals surface area (Å²) in [5.74, 6) is -2.79. The lowest BCUT2D eigenvalue weighted by molar-refractivity contribution is -0.152. The van der Waals surface area contributed by atoms with Crippen molar-refractivity contribution in [1.82, 2.24) is 0 Å². The van der Waals surface area contributed by atoms with E-state index in [0.717, 1.165) is 0 Å². The Morgan fingerprint density at radius 2 is 1.77 bits per heavy atom. The molecule has 7 N–H and O–H groups in total. The number of fused-ring (bicyclic) bond motifs is 2. The molecule has 0 heterocycles. The SMILES string of the molecule is CO[C@H](C(=O)[C@@H](O)[C@@H](C)O)[C@@H]1Cc2cc3cc(O)c(C)c(O)c3c(O)c2C(O)[C@H]1O. The lowest BCUT2D eigenvalue weighted by Gasteiger charge is -2.38. The van der Waals surface area contributed by atoms with Gasteiger partial charge in [-0.3, -0.25) is 4.79 Å². The van der Waals surface area contributed by atoms with E-state index in [1.807, 2.05) is 0 Å². The van der Waals surface area contributed by atoms with Crippen molar-refractivity contribution in [2.45, 2.75) is 50.8 Å². The second-order valence-electron chi connectivity index (χ2n) is 7.81. The van der Waals surface area contributed by atoms with Crippen LogP contribution in [-0.4, -0.2) is 73.1 Å². The number of hydrogen-bond donors (Lipinski definition) is 7. The fourth-order valence-corrected chi connectivity index (χ4v) is 4.16. The highest BCUT2D eigenvalue weighted by Gasteiger charge is 2.45. The first-order chi connectivity index (χ1) is 14.0. The lowest BCUT2D eigenvalue weighted by Crippen LogP contribution is -2.50. The van der Waals surface area contributed by atoms with Crippen molar-refractivity contribution in [1.29, 1.82) is 0 Å². The zero-order valence-electron chi connectivity index (χ0n) is 16.8. The Balaban J connectivity index is 2.12. The molecule has 6 atom stereocenters. The van der Waals surface area contributed by atoms with Crippen molar-refractivity contribution in [3.63, 3.8) is 0 Å². The molecule has 9 heteroatoms. The number of carbonyl (C=O) groups is 1. The number of benzene rings is 2. The van der Waals surface area contributed by atoms with Crippen LogP contribution in [0.1, 0.15) is 29.7 Å². The summed E-state index contributed by atoms with van der Waals surface area (Å²) in [6.45, 7) is 2.70. The predicted molar refractivity (Wildman–Crippen MR) is 105 cm³/mol. The fraction of sp³-hybridized carbons (Fsp3) is 0.476. The van der Waals surface area contributed by atoms with Crippen LogP contribution >= 0.6 is 0 Å². The van der Waals surface area contributed by atoms with E-state index in [-0.39, 0.29) is 34.4 Å². The number of methoxy groups -OCH3 is 1. The molecule has 0 saturated carbocycles. The van der Waals surface area contributed by atoms with Gasteiger partial charge in [0.15, 0.2) is 5.78 Å². The molecule has 1 aliphatic rings. The van der Waals surface area contributed by atoms with Gasteiger partial charge in [0, 0.05) is 24.2 Å². The minimum atomic E-state index is -1.73. The first-order valence-corrected chi connectivity index (χ1v) is 9.49. The molecule has 0 amide bonds. The fourth-order valence-electron chi connectivity index (χ4n) is 4.16. The number of ketones is 1. The number of phenolic OH excluding ortho intramolecular Hbond substituents is 3. The van der Waals surface area contributed by atoms with E-state index in [1.54, 1.807) is 0 Å². The smallest absolute Gasteiger partial charge is 0.192 e. The highest BCUT2D eigenvalue weighted by Crippen LogP contribution is 2.48. The Bertz CT molecular complexity index is 985. The Morgan fingerprint density at radius 3 is 2.33 bits per heavy atom. The molecule has 0 bridgehead atoms. The highest BCUT2D eigenvalue weighted by molar-refractivity contribution is 5.98. The van der Waals surface area contributed by atoms with Gasteiger partial charge in [-0.2, -0.15) is 0 Å². The number of phenols is 3. The van der Waals surface area contributed by atoms with Crippen molar-refractivity contribution >= 4 is 16.6 Å². The third-order valence-corrected chi connectivity index (χ3v) is 5.91. The standard InChI is InChI=1S/C21H26O9/c1-7-12(23)6-10-4-9-5-11(21(30-3)20(29)16(25)8(2)22)17(26)19(28)14(9)18(27)13(10)15(7)24/h4,6,8,11,16-17,19,21-28H,5H2,1-3H3/t8-,11-,16+,17+,19?,21+/m1/s1. The Hall–Kier alpha value is -2.43. The van der Waals surface area contributed by atoms with Crippen LogP contribution in [0.25, 0.3) is 10.8 Å². The van der Waals surface area contributed by atoms with Gasteiger partial charge in [-0.25, -0.2) is 0 Å². The second kappa shape index (κ2) is 8.01. The van der Waals surface area contributed by atoms with Crippen LogP contribution in [0.5, 0.6) is 17.2 Å². The third-order valence-electron chi connectivity index (χ3n) is 5.91. The average molecular weight is 422 g/mol. The van der Waals surface area contributed by atoms with Gasteiger partial charge in [0.2, 0.25) is 0 Å². The van der Waals surface area contributed by atoms with E-state index >= 15 is 0 Å². The molecule has 3 rings (SSSR count). The van der Waals surface area contributed by atoms with Crippen LogP contribution < -0.4 is 0 Å². The van der Waals surface area contributed by atoms with E-state index in [2.05, 4.69) is 0 Å². The number of aliphatic hydroxyl groups is 4. The van der Waals surface area contributed by atoms with Crippen molar-refractivity contribution < 1.29 is 45.3 Å². The number of aliphatic hydroxyl groups excluding tert-OH is 4. The van der Waals surface area contributed by atoms with E-state index < -0.39 is 48.0 Å². The second-order valence-corrected chi connectivity index (χ2v) is 7.81. The summed E-state index contributed by atoms with van der Waals surface area (Å²) in [4.78, 5) is 12.5. The number of hydrogen-bond acceptors (Lipinski definition) is 9. The van der Waals surface area contributed by atoms with E-state index in [0.29, 0.717) is 10.9 Å².